The quantitative estimate of drug-likeness (QED) is 0.158. The van der Waals surface area contributed by atoms with Crippen LogP contribution < -0.4 is 4.74 Å². The summed E-state index contributed by atoms with van der Waals surface area (Å²) in [7, 11) is 1.61. The van der Waals surface area contributed by atoms with Gasteiger partial charge in [0.1, 0.15) is 11.4 Å². The molecule has 2 heterocycles. The van der Waals surface area contributed by atoms with Crippen molar-refractivity contribution in [2.24, 2.45) is 0 Å². The van der Waals surface area contributed by atoms with Crippen molar-refractivity contribution in [1.29, 1.82) is 0 Å². The van der Waals surface area contributed by atoms with Gasteiger partial charge in [-0.2, -0.15) is 5.10 Å². The standard InChI is InChI=1S/C30H31N3O5/c1-3-37-30(35)29-22(14-8-16-38-26-15-6-10-19-9-4-5-11-20(19)26)21-12-7-13-23(28(21)31-29)27-24(17-34)32-33-25(27)18-36-2/h4-7,9-13,15,31,34H,3,8,14,16-18H2,1-2H3,(H,32,33). The fourth-order valence-corrected chi connectivity index (χ4v) is 4.97. The fraction of sp³-hybridized carbons (Fsp3) is 0.267. The first-order chi connectivity index (χ1) is 18.7. The van der Waals surface area contributed by atoms with Crippen LogP contribution in [0.15, 0.2) is 60.7 Å². The Labute approximate surface area is 220 Å². The van der Waals surface area contributed by atoms with Gasteiger partial charge in [0.05, 0.1) is 43.3 Å². The predicted octanol–water partition coefficient (Wildman–Crippen LogP) is 5.54. The number of carbonyl (C=O) groups is 1. The highest BCUT2D eigenvalue weighted by molar-refractivity contribution is 6.04. The van der Waals surface area contributed by atoms with Crippen LogP contribution in [0.1, 0.15) is 40.8 Å². The molecule has 0 aliphatic carbocycles. The van der Waals surface area contributed by atoms with Crippen LogP contribution in [-0.4, -0.2) is 46.6 Å². The molecule has 0 spiro atoms. The van der Waals surface area contributed by atoms with Crippen molar-refractivity contribution in [3.8, 4) is 16.9 Å². The zero-order valence-electron chi connectivity index (χ0n) is 21.5. The lowest BCUT2D eigenvalue weighted by Gasteiger charge is -2.10. The Balaban J connectivity index is 1.47. The molecule has 38 heavy (non-hydrogen) atoms. The van der Waals surface area contributed by atoms with E-state index >= 15 is 0 Å². The van der Waals surface area contributed by atoms with E-state index in [0.29, 0.717) is 37.4 Å². The summed E-state index contributed by atoms with van der Waals surface area (Å²) < 4.78 is 16.9. The van der Waals surface area contributed by atoms with E-state index in [1.165, 1.54) is 0 Å². The predicted molar refractivity (Wildman–Crippen MR) is 146 cm³/mol. The summed E-state index contributed by atoms with van der Waals surface area (Å²) in [5, 5.41) is 20.3. The highest BCUT2D eigenvalue weighted by Gasteiger charge is 2.23. The summed E-state index contributed by atoms with van der Waals surface area (Å²) in [4.78, 5) is 16.3. The molecule has 0 fully saturated rings. The van der Waals surface area contributed by atoms with Gasteiger partial charge in [0.2, 0.25) is 0 Å². The minimum atomic E-state index is -0.397. The second kappa shape index (κ2) is 11.5. The lowest BCUT2D eigenvalue weighted by atomic mass is 9.98. The molecule has 3 aromatic carbocycles. The molecule has 196 valence electrons. The highest BCUT2D eigenvalue weighted by Crippen LogP contribution is 2.36. The summed E-state index contributed by atoms with van der Waals surface area (Å²) in [5.41, 5.74) is 4.96. The van der Waals surface area contributed by atoms with Crippen molar-refractivity contribution in [1.82, 2.24) is 15.2 Å². The number of carbonyl (C=O) groups excluding carboxylic acids is 1. The maximum atomic E-state index is 13.0. The zero-order valence-corrected chi connectivity index (χ0v) is 21.5. The molecule has 8 nitrogen and oxygen atoms in total. The van der Waals surface area contributed by atoms with Crippen LogP contribution in [0.25, 0.3) is 32.8 Å². The van der Waals surface area contributed by atoms with E-state index < -0.39 is 5.97 Å². The number of aryl methyl sites for hydroxylation is 1. The molecule has 0 bridgehead atoms. The number of aliphatic hydroxyl groups excluding tert-OH is 1. The molecular weight excluding hydrogens is 482 g/mol. The van der Waals surface area contributed by atoms with E-state index in [1.807, 2.05) is 42.5 Å². The van der Waals surface area contributed by atoms with Crippen molar-refractivity contribution in [2.45, 2.75) is 33.0 Å². The Morgan fingerprint density at radius 2 is 1.82 bits per heavy atom. The number of methoxy groups -OCH3 is 1. The van der Waals surface area contributed by atoms with E-state index in [9.17, 15) is 9.90 Å². The minimum Gasteiger partial charge on any atom is -0.493 e. The van der Waals surface area contributed by atoms with Crippen molar-refractivity contribution >= 4 is 27.6 Å². The first-order valence-electron chi connectivity index (χ1n) is 12.7. The van der Waals surface area contributed by atoms with Gasteiger partial charge in [-0.3, -0.25) is 5.10 Å². The lowest BCUT2D eigenvalue weighted by Crippen LogP contribution is -2.09. The van der Waals surface area contributed by atoms with Crippen LogP contribution in [0.5, 0.6) is 5.75 Å². The van der Waals surface area contributed by atoms with Crippen molar-refractivity contribution < 1.29 is 24.1 Å². The molecule has 3 N–H and O–H groups in total. The third-order valence-electron chi connectivity index (χ3n) is 6.62. The zero-order chi connectivity index (χ0) is 26.5. The van der Waals surface area contributed by atoms with E-state index in [4.69, 9.17) is 14.2 Å². The van der Waals surface area contributed by atoms with Gasteiger partial charge in [-0.15, -0.1) is 0 Å². The second-order valence-corrected chi connectivity index (χ2v) is 8.97. The number of rotatable bonds is 11. The largest absolute Gasteiger partial charge is 0.493 e. The molecule has 0 saturated heterocycles. The van der Waals surface area contributed by atoms with Gasteiger partial charge < -0.3 is 24.3 Å². The summed E-state index contributed by atoms with van der Waals surface area (Å²) in [5.74, 6) is 0.448. The number of nitrogens with one attached hydrogen (secondary N) is 2. The summed E-state index contributed by atoms with van der Waals surface area (Å²) >= 11 is 0. The molecule has 8 heteroatoms. The van der Waals surface area contributed by atoms with Gasteiger partial charge in [0, 0.05) is 29.0 Å². The van der Waals surface area contributed by atoms with Gasteiger partial charge >= 0.3 is 5.97 Å². The van der Waals surface area contributed by atoms with Crippen LogP contribution in [0.4, 0.5) is 0 Å². The number of nitrogens with zero attached hydrogens (tertiary/aromatic N) is 1. The van der Waals surface area contributed by atoms with Crippen LogP contribution in [-0.2, 0) is 29.1 Å². The third kappa shape index (κ3) is 4.88. The Morgan fingerprint density at radius 3 is 2.63 bits per heavy atom. The number of aromatic nitrogens is 3. The van der Waals surface area contributed by atoms with Gasteiger partial charge in [-0.25, -0.2) is 4.79 Å². The first-order valence-corrected chi connectivity index (χ1v) is 12.7. The molecule has 0 atom stereocenters. The Bertz CT molecular complexity index is 1560. The van der Waals surface area contributed by atoms with Crippen LogP contribution in [0, 0.1) is 0 Å². The molecule has 0 radical (unpaired) electrons. The topological polar surface area (TPSA) is 109 Å². The number of esters is 1. The van der Waals surface area contributed by atoms with Gasteiger partial charge in [-0.05, 0) is 36.8 Å². The lowest BCUT2D eigenvalue weighted by molar-refractivity contribution is 0.0519. The molecule has 5 rings (SSSR count). The number of hydrogen-bond acceptors (Lipinski definition) is 6. The molecule has 0 aliphatic rings. The summed E-state index contributed by atoms with van der Waals surface area (Å²) in [6.45, 7) is 2.65. The normalized spacial score (nSPS) is 11.3. The molecule has 0 aliphatic heterocycles. The number of benzene rings is 3. The van der Waals surface area contributed by atoms with Crippen molar-refractivity contribution in [3.63, 3.8) is 0 Å². The van der Waals surface area contributed by atoms with Gasteiger partial charge in [0.15, 0.2) is 0 Å². The molecule has 5 aromatic rings. The third-order valence-corrected chi connectivity index (χ3v) is 6.62. The smallest absolute Gasteiger partial charge is 0.355 e. The molecule has 0 unspecified atom stereocenters. The number of aliphatic hydroxyl groups is 1. The first kappa shape index (κ1) is 25.5. The number of hydrogen-bond donors (Lipinski definition) is 3. The number of ether oxygens (including phenoxy) is 3. The number of aromatic amines is 2. The maximum absolute atomic E-state index is 13.0. The molecular formula is C30H31N3O5. The van der Waals surface area contributed by atoms with E-state index in [2.05, 4.69) is 33.4 Å². The van der Waals surface area contributed by atoms with E-state index in [-0.39, 0.29) is 13.2 Å². The van der Waals surface area contributed by atoms with Crippen molar-refractivity contribution in [2.75, 3.05) is 20.3 Å². The Kier molecular flexibility index (Phi) is 7.72. The second-order valence-electron chi connectivity index (χ2n) is 8.97. The maximum Gasteiger partial charge on any atom is 0.355 e. The fourth-order valence-electron chi connectivity index (χ4n) is 4.97. The van der Waals surface area contributed by atoms with E-state index in [1.54, 1.807) is 14.0 Å². The molecule has 2 aromatic heterocycles. The van der Waals surface area contributed by atoms with Crippen LogP contribution in [0.3, 0.4) is 0 Å². The van der Waals surface area contributed by atoms with Crippen LogP contribution >= 0.6 is 0 Å². The van der Waals surface area contributed by atoms with Gasteiger partial charge in [-0.1, -0.05) is 54.6 Å². The van der Waals surface area contributed by atoms with Crippen molar-refractivity contribution in [3.05, 3.63) is 83.3 Å². The number of H-pyrrole nitrogens is 2. The Hall–Kier alpha value is -4.14. The average Bonchev–Trinajstić information content (AvgIpc) is 3.52. The number of fused-ring (bicyclic) bond motifs is 2. The molecule has 0 amide bonds. The number of para-hydroxylation sites is 1. The SMILES string of the molecule is CCOC(=O)c1[nH]c2c(-c3c(CO)n[nH]c3COC)cccc2c1CCCOc1cccc2ccccc12. The summed E-state index contributed by atoms with van der Waals surface area (Å²) in [6.07, 6.45) is 1.32. The monoisotopic (exact) mass is 513 g/mol. The van der Waals surface area contributed by atoms with E-state index in [0.717, 1.165) is 49.8 Å². The average molecular weight is 514 g/mol. The molecule has 0 saturated carbocycles. The summed E-state index contributed by atoms with van der Waals surface area (Å²) in [6, 6.07) is 20.1. The van der Waals surface area contributed by atoms with Gasteiger partial charge in [0.25, 0.3) is 0 Å². The Morgan fingerprint density at radius 1 is 1.03 bits per heavy atom. The van der Waals surface area contributed by atoms with Crippen LogP contribution in [0.2, 0.25) is 0 Å². The highest BCUT2D eigenvalue weighted by atomic mass is 16.5. The minimum absolute atomic E-state index is 0.226.